The van der Waals surface area contributed by atoms with Crippen LogP contribution in [0.3, 0.4) is 0 Å². The Kier molecular flexibility index (Phi) is 5.39. The van der Waals surface area contributed by atoms with E-state index in [1.165, 1.54) is 5.56 Å². The quantitative estimate of drug-likeness (QED) is 0.632. The lowest BCUT2D eigenvalue weighted by molar-refractivity contribution is 0.194. The summed E-state index contributed by atoms with van der Waals surface area (Å²) in [5, 5.41) is 1.03. The van der Waals surface area contributed by atoms with Gasteiger partial charge >= 0.3 is 0 Å². The van der Waals surface area contributed by atoms with E-state index in [1.54, 1.807) is 6.07 Å². The van der Waals surface area contributed by atoms with E-state index in [2.05, 4.69) is 31.0 Å². The van der Waals surface area contributed by atoms with Crippen LogP contribution in [0.1, 0.15) is 25.3 Å². The molecule has 0 aliphatic carbocycles. The zero-order chi connectivity index (χ0) is 17.6. The number of para-hydroxylation sites is 1. The second kappa shape index (κ2) is 7.88. The molecule has 0 aliphatic heterocycles. The van der Waals surface area contributed by atoms with E-state index in [1.807, 2.05) is 36.4 Å². The molecule has 0 bridgehead atoms. The lowest BCUT2D eigenvalue weighted by Crippen LogP contribution is -2.13. The van der Waals surface area contributed by atoms with E-state index in [0.29, 0.717) is 12.4 Å². The molecule has 3 rings (SSSR count). The van der Waals surface area contributed by atoms with E-state index in [9.17, 15) is 0 Å². The minimum absolute atomic E-state index is 0.146. The number of hydrogen-bond acceptors (Lipinski definition) is 4. The van der Waals surface area contributed by atoms with Crippen molar-refractivity contribution in [3.8, 4) is 11.5 Å². The van der Waals surface area contributed by atoms with Gasteiger partial charge in [-0.15, -0.1) is 0 Å². The van der Waals surface area contributed by atoms with Crippen LogP contribution >= 0.6 is 0 Å². The van der Waals surface area contributed by atoms with Gasteiger partial charge in [0, 0.05) is 5.39 Å². The predicted molar refractivity (Wildman–Crippen MR) is 102 cm³/mol. The number of ether oxygens (including phenoxy) is 2. The maximum absolute atomic E-state index is 5.92. The van der Waals surface area contributed by atoms with Crippen molar-refractivity contribution in [3.05, 3.63) is 60.2 Å². The maximum Gasteiger partial charge on any atom is 0.145 e. The van der Waals surface area contributed by atoms with E-state index >= 15 is 0 Å². The van der Waals surface area contributed by atoms with Gasteiger partial charge < -0.3 is 15.2 Å². The zero-order valence-electron chi connectivity index (χ0n) is 14.7. The Labute approximate surface area is 148 Å². The number of nitrogens with zero attached hydrogens (tertiary/aromatic N) is 1. The summed E-state index contributed by atoms with van der Waals surface area (Å²) < 4.78 is 11.8. The number of nitrogens with two attached hydrogens (primary N) is 1. The first kappa shape index (κ1) is 17.1. The van der Waals surface area contributed by atoms with Crippen molar-refractivity contribution in [2.75, 3.05) is 12.3 Å². The summed E-state index contributed by atoms with van der Waals surface area (Å²) in [5.41, 5.74) is 7.83. The van der Waals surface area contributed by atoms with Crippen molar-refractivity contribution in [1.29, 1.82) is 0 Å². The summed E-state index contributed by atoms with van der Waals surface area (Å²) >= 11 is 0. The smallest absolute Gasteiger partial charge is 0.145 e. The van der Waals surface area contributed by atoms with Crippen LogP contribution in [0.25, 0.3) is 10.9 Å². The second-order valence-electron chi connectivity index (χ2n) is 6.30. The lowest BCUT2D eigenvalue weighted by atomic mass is 10.2. The topological polar surface area (TPSA) is 57.4 Å². The minimum Gasteiger partial charge on any atom is -0.491 e. The highest BCUT2D eigenvalue weighted by atomic mass is 16.5. The van der Waals surface area contributed by atoms with Crippen molar-refractivity contribution < 1.29 is 9.47 Å². The number of pyridine rings is 1. The van der Waals surface area contributed by atoms with Crippen LogP contribution in [0.15, 0.2) is 54.6 Å². The highest BCUT2D eigenvalue weighted by molar-refractivity contribution is 5.85. The van der Waals surface area contributed by atoms with Crippen LogP contribution in [0, 0.1) is 6.92 Å². The Morgan fingerprint density at radius 1 is 1.04 bits per heavy atom. The van der Waals surface area contributed by atoms with Gasteiger partial charge in [0.25, 0.3) is 0 Å². The molecule has 3 aromatic rings. The fraction of sp³-hybridized carbons (Fsp3) is 0.286. The minimum atomic E-state index is 0.146. The summed E-state index contributed by atoms with van der Waals surface area (Å²) in [4.78, 5) is 4.38. The van der Waals surface area contributed by atoms with Crippen molar-refractivity contribution in [1.82, 2.24) is 4.98 Å². The Morgan fingerprint density at radius 2 is 1.84 bits per heavy atom. The number of fused-ring (bicyclic) bond motifs is 1. The second-order valence-corrected chi connectivity index (χ2v) is 6.30. The SMILES string of the molecule is Cc1ccc(OC(C)CCCOc2cccc3ccc(N)nc23)cc1. The zero-order valence-corrected chi connectivity index (χ0v) is 14.7. The van der Waals surface area contributed by atoms with E-state index < -0.39 is 0 Å². The van der Waals surface area contributed by atoms with Crippen LogP contribution < -0.4 is 15.2 Å². The molecule has 0 saturated heterocycles. The normalized spacial score (nSPS) is 12.1. The fourth-order valence-electron chi connectivity index (χ4n) is 2.71. The van der Waals surface area contributed by atoms with E-state index in [4.69, 9.17) is 15.2 Å². The van der Waals surface area contributed by atoms with Crippen LogP contribution in [0.2, 0.25) is 0 Å². The number of aryl methyl sites for hydroxylation is 1. The summed E-state index contributed by atoms with van der Waals surface area (Å²) in [6.45, 7) is 4.78. The van der Waals surface area contributed by atoms with Gasteiger partial charge in [-0.2, -0.15) is 0 Å². The monoisotopic (exact) mass is 336 g/mol. The van der Waals surface area contributed by atoms with Gasteiger partial charge in [-0.05, 0) is 57.0 Å². The van der Waals surface area contributed by atoms with Crippen LogP contribution in [0.5, 0.6) is 11.5 Å². The largest absolute Gasteiger partial charge is 0.491 e. The number of hydrogen-bond donors (Lipinski definition) is 1. The van der Waals surface area contributed by atoms with Gasteiger partial charge in [-0.25, -0.2) is 4.98 Å². The molecule has 0 saturated carbocycles. The Morgan fingerprint density at radius 3 is 2.64 bits per heavy atom. The van der Waals surface area contributed by atoms with Gasteiger partial charge in [0.15, 0.2) is 0 Å². The molecule has 1 aromatic heterocycles. The molecule has 25 heavy (non-hydrogen) atoms. The van der Waals surface area contributed by atoms with Crippen LogP contribution in [-0.2, 0) is 0 Å². The van der Waals surface area contributed by atoms with Gasteiger partial charge in [-0.3, -0.25) is 0 Å². The molecule has 4 heteroatoms. The predicted octanol–water partition coefficient (Wildman–Crippen LogP) is 4.75. The van der Waals surface area contributed by atoms with Crippen molar-refractivity contribution in [2.24, 2.45) is 0 Å². The molecular formula is C21H24N2O2. The van der Waals surface area contributed by atoms with E-state index in [0.717, 1.165) is 35.2 Å². The standard InChI is InChI=1S/C21H24N2O2/c1-15-8-11-18(12-9-15)25-16(2)5-4-14-24-19-7-3-6-17-10-13-20(22)23-21(17)19/h3,6-13,16H,4-5,14H2,1-2H3,(H2,22,23). The van der Waals surface area contributed by atoms with Gasteiger partial charge in [0.05, 0.1) is 12.7 Å². The highest BCUT2D eigenvalue weighted by Gasteiger charge is 2.07. The molecule has 0 aliphatic rings. The number of anilines is 1. The Bertz CT molecular complexity index is 831. The van der Waals surface area contributed by atoms with E-state index in [-0.39, 0.29) is 6.10 Å². The molecule has 1 unspecified atom stereocenters. The van der Waals surface area contributed by atoms with Gasteiger partial charge in [0.2, 0.25) is 0 Å². The molecule has 130 valence electrons. The molecule has 0 spiro atoms. The summed E-state index contributed by atoms with van der Waals surface area (Å²) in [6, 6.07) is 17.8. The molecule has 2 aromatic carbocycles. The van der Waals surface area contributed by atoms with Crippen molar-refractivity contribution >= 4 is 16.7 Å². The van der Waals surface area contributed by atoms with Crippen LogP contribution in [-0.4, -0.2) is 17.7 Å². The molecule has 1 atom stereocenters. The Hall–Kier alpha value is -2.75. The summed E-state index contributed by atoms with van der Waals surface area (Å²) in [5.74, 6) is 2.19. The third-order valence-corrected chi connectivity index (χ3v) is 4.08. The molecule has 1 heterocycles. The number of aromatic nitrogens is 1. The number of rotatable bonds is 7. The van der Waals surface area contributed by atoms with Crippen molar-refractivity contribution in [2.45, 2.75) is 32.8 Å². The highest BCUT2D eigenvalue weighted by Crippen LogP contribution is 2.25. The molecule has 4 nitrogen and oxygen atoms in total. The third kappa shape index (κ3) is 4.63. The van der Waals surface area contributed by atoms with Gasteiger partial charge in [0.1, 0.15) is 22.8 Å². The van der Waals surface area contributed by atoms with Gasteiger partial charge in [-0.1, -0.05) is 29.8 Å². The summed E-state index contributed by atoms with van der Waals surface area (Å²) in [6.07, 6.45) is 1.98. The third-order valence-electron chi connectivity index (χ3n) is 4.08. The number of benzene rings is 2. The lowest BCUT2D eigenvalue weighted by Gasteiger charge is -2.15. The van der Waals surface area contributed by atoms with Crippen molar-refractivity contribution in [3.63, 3.8) is 0 Å². The molecular weight excluding hydrogens is 312 g/mol. The Balaban J connectivity index is 1.50. The first-order valence-corrected chi connectivity index (χ1v) is 8.63. The maximum atomic E-state index is 5.92. The number of nitrogen functional groups attached to an aromatic ring is 1. The molecule has 0 radical (unpaired) electrons. The first-order chi connectivity index (χ1) is 12.1. The molecule has 0 amide bonds. The molecule has 2 N–H and O–H groups in total. The fourth-order valence-corrected chi connectivity index (χ4v) is 2.71. The first-order valence-electron chi connectivity index (χ1n) is 8.63. The van der Waals surface area contributed by atoms with Crippen LogP contribution in [0.4, 0.5) is 5.82 Å². The molecule has 0 fully saturated rings. The average Bonchev–Trinajstić information content (AvgIpc) is 2.61. The average molecular weight is 336 g/mol. The summed E-state index contributed by atoms with van der Waals surface area (Å²) in [7, 11) is 0.